The molecule has 3 amide bonds. The lowest BCUT2D eigenvalue weighted by atomic mass is 10.1. The third-order valence-electron chi connectivity index (χ3n) is 3.63. The van der Waals surface area contributed by atoms with E-state index in [1.165, 1.54) is 0 Å². The van der Waals surface area contributed by atoms with Crippen LogP contribution in [0.2, 0.25) is 0 Å². The molecule has 0 heterocycles. The van der Waals surface area contributed by atoms with Crippen LogP contribution in [0.15, 0.2) is 48.5 Å². The first-order valence-corrected chi connectivity index (χ1v) is 8.52. The van der Waals surface area contributed by atoms with Crippen LogP contribution in [0.3, 0.4) is 0 Å². The molecule has 0 aliphatic carbocycles. The quantitative estimate of drug-likeness (QED) is 0.679. The predicted molar refractivity (Wildman–Crippen MR) is 103 cm³/mol. The van der Waals surface area contributed by atoms with Crippen LogP contribution in [0.1, 0.15) is 29.8 Å². The fourth-order valence-electron chi connectivity index (χ4n) is 2.36. The number of carbonyl (C=O) groups excluding carboxylic acids is 3. The molecule has 142 valence electrons. The van der Waals surface area contributed by atoms with Crippen LogP contribution in [-0.4, -0.2) is 30.9 Å². The van der Waals surface area contributed by atoms with E-state index in [9.17, 15) is 14.4 Å². The van der Waals surface area contributed by atoms with Gasteiger partial charge in [-0.05, 0) is 43.7 Å². The number of nitrogens with one attached hydrogen (secondary N) is 3. The highest BCUT2D eigenvalue weighted by molar-refractivity contribution is 6.40. The first kappa shape index (κ1) is 20.0. The largest absolute Gasteiger partial charge is 0.497 e. The number of ether oxygens (including phenoxy) is 1. The SMILES string of the molecule is COc1cccc(CNC(=O)c2ccccc2NC(=O)C(=O)NC(C)C)c1. The van der Waals surface area contributed by atoms with Crippen molar-refractivity contribution in [3.63, 3.8) is 0 Å². The lowest BCUT2D eigenvalue weighted by Crippen LogP contribution is -2.39. The molecule has 0 aliphatic heterocycles. The molecule has 0 fully saturated rings. The molecule has 0 radical (unpaired) electrons. The number of benzene rings is 2. The van der Waals surface area contributed by atoms with Crippen molar-refractivity contribution in [1.29, 1.82) is 0 Å². The van der Waals surface area contributed by atoms with Crippen molar-refractivity contribution in [2.24, 2.45) is 0 Å². The minimum atomic E-state index is -0.822. The molecule has 0 saturated heterocycles. The van der Waals surface area contributed by atoms with Gasteiger partial charge in [0.25, 0.3) is 5.91 Å². The van der Waals surface area contributed by atoms with Gasteiger partial charge < -0.3 is 20.7 Å². The van der Waals surface area contributed by atoms with E-state index in [-0.39, 0.29) is 23.2 Å². The normalized spacial score (nSPS) is 10.2. The van der Waals surface area contributed by atoms with Gasteiger partial charge in [0.15, 0.2) is 0 Å². The second kappa shape index (κ2) is 9.38. The summed E-state index contributed by atoms with van der Waals surface area (Å²) in [5.41, 5.74) is 1.41. The molecule has 0 spiro atoms. The van der Waals surface area contributed by atoms with Gasteiger partial charge in [-0.3, -0.25) is 14.4 Å². The second-order valence-electron chi connectivity index (χ2n) is 6.16. The highest BCUT2D eigenvalue weighted by Crippen LogP contribution is 2.16. The highest BCUT2D eigenvalue weighted by atomic mass is 16.5. The zero-order valence-electron chi connectivity index (χ0n) is 15.5. The molecule has 0 unspecified atom stereocenters. The van der Waals surface area contributed by atoms with E-state index in [1.54, 1.807) is 45.2 Å². The van der Waals surface area contributed by atoms with E-state index in [2.05, 4.69) is 16.0 Å². The van der Waals surface area contributed by atoms with Gasteiger partial charge in [-0.2, -0.15) is 0 Å². The maximum absolute atomic E-state index is 12.5. The Bertz CT molecular complexity index is 833. The van der Waals surface area contributed by atoms with Crippen molar-refractivity contribution in [2.45, 2.75) is 26.4 Å². The van der Waals surface area contributed by atoms with E-state index in [1.807, 2.05) is 24.3 Å². The Hall–Kier alpha value is -3.35. The van der Waals surface area contributed by atoms with Gasteiger partial charge in [0.1, 0.15) is 5.75 Å². The Morgan fingerprint density at radius 1 is 1.00 bits per heavy atom. The lowest BCUT2D eigenvalue weighted by Gasteiger charge is -2.12. The molecule has 2 rings (SSSR count). The summed E-state index contributed by atoms with van der Waals surface area (Å²) in [7, 11) is 1.58. The van der Waals surface area contributed by atoms with Gasteiger partial charge >= 0.3 is 11.8 Å². The van der Waals surface area contributed by atoms with Crippen LogP contribution in [0.5, 0.6) is 5.75 Å². The first-order valence-electron chi connectivity index (χ1n) is 8.52. The van der Waals surface area contributed by atoms with E-state index >= 15 is 0 Å². The number of amides is 3. The molecular weight excluding hydrogens is 346 g/mol. The van der Waals surface area contributed by atoms with Gasteiger partial charge in [-0.15, -0.1) is 0 Å². The zero-order chi connectivity index (χ0) is 19.8. The lowest BCUT2D eigenvalue weighted by molar-refractivity contribution is -0.136. The van der Waals surface area contributed by atoms with Crippen LogP contribution in [0.4, 0.5) is 5.69 Å². The number of para-hydroxylation sites is 1. The fourth-order valence-corrected chi connectivity index (χ4v) is 2.36. The molecule has 27 heavy (non-hydrogen) atoms. The standard InChI is InChI=1S/C20H23N3O4/c1-13(2)22-19(25)20(26)23-17-10-5-4-9-16(17)18(24)21-12-14-7-6-8-15(11-14)27-3/h4-11,13H,12H2,1-3H3,(H,21,24)(H,22,25)(H,23,26). The van der Waals surface area contributed by atoms with Gasteiger partial charge in [-0.25, -0.2) is 0 Å². The maximum Gasteiger partial charge on any atom is 0.313 e. The van der Waals surface area contributed by atoms with Crippen molar-refractivity contribution in [1.82, 2.24) is 10.6 Å². The highest BCUT2D eigenvalue weighted by Gasteiger charge is 2.18. The summed E-state index contributed by atoms with van der Waals surface area (Å²) in [5.74, 6) is -1.24. The minimum Gasteiger partial charge on any atom is -0.497 e. The Balaban J connectivity index is 2.06. The van der Waals surface area contributed by atoms with E-state index < -0.39 is 11.8 Å². The Morgan fingerprint density at radius 3 is 2.44 bits per heavy atom. The molecule has 0 bridgehead atoms. The molecule has 2 aromatic carbocycles. The van der Waals surface area contributed by atoms with Crippen molar-refractivity contribution in [2.75, 3.05) is 12.4 Å². The number of hydrogen-bond donors (Lipinski definition) is 3. The molecule has 3 N–H and O–H groups in total. The van der Waals surface area contributed by atoms with Crippen LogP contribution < -0.4 is 20.7 Å². The average Bonchev–Trinajstić information content (AvgIpc) is 2.66. The first-order chi connectivity index (χ1) is 12.9. The van der Waals surface area contributed by atoms with Crippen molar-refractivity contribution < 1.29 is 19.1 Å². The number of hydrogen-bond acceptors (Lipinski definition) is 4. The monoisotopic (exact) mass is 369 g/mol. The summed E-state index contributed by atoms with van der Waals surface area (Å²) in [6.45, 7) is 3.81. The van der Waals surface area contributed by atoms with E-state index in [0.29, 0.717) is 12.3 Å². The molecule has 2 aromatic rings. The van der Waals surface area contributed by atoms with Gasteiger partial charge in [0, 0.05) is 12.6 Å². The molecule has 7 heteroatoms. The summed E-state index contributed by atoms with van der Waals surface area (Å²) in [5, 5.41) is 7.78. The predicted octanol–water partition coefficient (Wildman–Crippen LogP) is 2.09. The van der Waals surface area contributed by atoms with Crippen LogP contribution >= 0.6 is 0 Å². The molecule has 0 aromatic heterocycles. The van der Waals surface area contributed by atoms with Crippen LogP contribution in [0, 0.1) is 0 Å². The Morgan fingerprint density at radius 2 is 1.74 bits per heavy atom. The number of carbonyl (C=O) groups is 3. The van der Waals surface area contributed by atoms with Gasteiger partial charge in [0.2, 0.25) is 0 Å². The fraction of sp³-hybridized carbons (Fsp3) is 0.250. The summed E-state index contributed by atoms with van der Waals surface area (Å²) < 4.78 is 5.16. The third-order valence-corrected chi connectivity index (χ3v) is 3.63. The third kappa shape index (κ3) is 5.85. The summed E-state index contributed by atoms with van der Waals surface area (Å²) in [4.78, 5) is 36.3. The number of methoxy groups -OCH3 is 1. The summed E-state index contributed by atoms with van der Waals surface area (Å²) in [6, 6.07) is 13.7. The van der Waals surface area contributed by atoms with Crippen LogP contribution in [0.25, 0.3) is 0 Å². The molecular formula is C20H23N3O4. The van der Waals surface area contributed by atoms with E-state index in [0.717, 1.165) is 5.56 Å². The molecule has 0 saturated carbocycles. The van der Waals surface area contributed by atoms with Gasteiger partial charge in [0.05, 0.1) is 18.4 Å². The van der Waals surface area contributed by atoms with Crippen molar-refractivity contribution >= 4 is 23.4 Å². The molecule has 7 nitrogen and oxygen atoms in total. The summed E-state index contributed by atoms with van der Waals surface area (Å²) >= 11 is 0. The van der Waals surface area contributed by atoms with Crippen molar-refractivity contribution in [3.8, 4) is 5.75 Å². The topological polar surface area (TPSA) is 96.5 Å². The van der Waals surface area contributed by atoms with Gasteiger partial charge in [-0.1, -0.05) is 24.3 Å². The minimum absolute atomic E-state index is 0.162. The van der Waals surface area contributed by atoms with E-state index in [4.69, 9.17) is 4.74 Å². The molecule has 0 aliphatic rings. The number of anilines is 1. The second-order valence-corrected chi connectivity index (χ2v) is 6.16. The maximum atomic E-state index is 12.5. The van der Waals surface area contributed by atoms with Crippen LogP contribution in [-0.2, 0) is 16.1 Å². The smallest absolute Gasteiger partial charge is 0.313 e. The average molecular weight is 369 g/mol. The van der Waals surface area contributed by atoms with Crippen molar-refractivity contribution in [3.05, 3.63) is 59.7 Å². The molecule has 0 atom stereocenters. The number of rotatable bonds is 6. The Labute approximate surface area is 158 Å². The Kier molecular flexibility index (Phi) is 6.93. The zero-order valence-corrected chi connectivity index (χ0v) is 15.5. The summed E-state index contributed by atoms with van der Waals surface area (Å²) in [6.07, 6.45) is 0.